The number of nitrogens with one attached hydrogen (secondary N) is 1. The molecule has 25 heavy (non-hydrogen) atoms. The maximum Gasteiger partial charge on any atom is 0.416 e. The van der Waals surface area contributed by atoms with Gasteiger partial charge in [-0.05, 0) is 24.6 Å². The van der Waals surface area contributed by atoms with Gasteiger partial charge in [0.2, 0.25) is 5.91 Å². The van der Waals surface area contributed by atoms with E-state index in [4.69, 9.17) is 4.74 Å². The van der Waals surface area contributed by atoms with Crippen LogP contribution in [0.5, 0.6) is 5.75 Å². The Morgan fingerprint density at radius 3 is 2.76 bits per heavy atom. The van der Waals surface area contributed by atoms with E-state index in [1.54, 1.807) is 4.90 Å². The lowest BCUT2D eigenvalue weighted by molar-refractivity contribution is -0.137. The first-order chi connectivity index (χ1) is 11.8. The maximum absolute atomic E-state index is 12.9. The van der Waals surface area contributed by atoms with E-state index in [0.717, 1.165) is 12.1 Å². The third-order valence-electron chi connectivity index (χ3n) is 3.50. The number of nitrogens with zero attached hydrogens (tertiary/aromatic N) is 1. The minimum Gasteiger partial charge on any atom is -0.491 e. The van der Waals surface area contributed by atoms with E-state index in [1.165, 1.54) is 17.8 Å². The predicted molar refractivity (Wildman–Crippen MR) is 89.9 cm³/mol. The van der Waals surface area contributed by atoms with Crippen molar-refractivity contribution in [3.8, 4) is 5.75 Å². The Morgan fingerprint density at radius 1 is 1.40 bits per heavy atom. The second-order valence-electron chi connectivity index (χ2n) is 5.46. The summed E-state index contributed by atoms with van der Waals surface area (Å²) in [5.41, 5.74) is -0.881. The molecule has 1 heterocycles. The summed E-state index contributed by atoms with van der Waals surface area (Å²) in [7, 11) is 0. The molecular weight excluding hydrogens is 357 g/mol. The molecule has 5 nitrogen and oxygen atoms in total. The molecule has 1 saturated heterocycles. The summed E-state index contributed by atoms with van der Waals surface area (Å²) in [6, 6.07) is 2.98. The third kappa shape index (κ3) is 5.55. The molecule has 0 radical (unpaired) electrons. The molecule has 138 valence electrons. The Bertz CT molecular complexity index is 638. The van der Waals surface area contributed by atoms with Crippen LogP contribution in [0.25, 0.3) is 0 Å². The van der Waals surface area contributed by atoms with E-state index in [9.17, 15) is 22.8 Å². The lowest BCUT2D eigenvalue weighted by Crippen LogP contribution is -2.27. The number of hydrogen-bond acceptors (Lipinski definition) is 4. The van der Waals surface area contributed by atoms with E-state index >= 15 is 0 Å². The highest BCUT2D eigenvalue weighted by atomic mass is 32.2. The fourth-order valence-electron chi connectivity index (χ4n) is 2.22. The molecule has 9 heteroatoms. The summed E-state index contributed by atoms with van der Waals surface area (Å²) in [6.07, 6.45) is -3.82. The second-order valence-corrected chi connectivity index (χ2v) is 6.50. The number of anilines is 1. The summed E-state index contributed by atoms with van der Waals surface area (Å²) < 4.78 is 44.1. The van der Waals surface area contributed by atoms with Gasteiger partial charge < -0.3 is 15.0 Å². The van der Waals surface area contributed by atoms with Crippen molar-refractivity contribution in [1.82, 2.24) is 4.90 Å². The van der Waals surface area contributed by atoms with Crippen LogP contribution in [-0.4, -0.2) is 41.5 Å². The van der Waals surface area contributed by atoms with Crippen molar-refractivity contribution < 1.29 is 27.5 Å². The normalized spacial score (nSPS) is 14.7. The third-order valence-corrected chi connectivity index (χ3v) is 4.39. The molecule has 1 aliphatic heterocycles. The molecule has 1 fully saturated rings. The number of benzene rings is 1. The fraction of sp³-hybridized carbons (Fsp3) is 0.500. The maximum atomic E-state index is 12.9. The van der Waals surface area contributed by atoms with Crippen LogP contribution >= 0.6 is 11.8 Å². The molecule has 0 unspecified atom stereocenters. The van der Waals surface area contributed by atoms with Crippen molar-refractivity contribution in [3.05, 3.63) is 23.8 Å². The highest BCUT2D eigenvalue weighted by Gasteiger charge is 2.31. The second kappa shape index (κ2) is 8.46. The van der Waals surface area contributed by atoms with E-state index in [-0.39, 0.29) is 29.6 Å². The van der Waals surface area contributed by atoms with Crippen LogP contribution in [0.15, 0.2) is 18.2 Å². The van der Waals surface area contributed by atoms with Crippen LogP contribution in [0.3, 0.4) is 0 Å². The highest BCUT2D eigenvalue weighted by Crippen LogP contribution is 2.35. The zero-order chi connectivity index (χ0) is 18.4. The van der Waals surface area contributed by atoms with Gasteiger partial charge in [-0.15, -0.1) is 0 Å². The summed E-state index contributed by atoms with van der Waals surface area (Å²) in [4.78, 5) is 25.1. The van der Waals surface area contributed by atoms with Crippen molar-refractivity contribution in [1.29, 1.82) is 0 Å². The number of carbonyl (C=O) groups excluding carboxylic acids is 2. The minimum atomic E-state index is -4.51. The zero-order valence-electron chi connectivity index (χ0n) is 13.7. The Labute approximate surface area is 147 Å². The van der Waals surface area contributed by atoms with Crippen molar-refractivity contribution in [2.45, 2.75) is 25.9 Å². The van der Waals surface area contributed by atoms with Gasteiger partial charge in [-0.3, -0.25) is 9.59 Å². The van der Waals surface area contributed by atoms with Gasteiger partial charge in [-0.25, -0.2) is 0 Å². The van der Waals surface area contributed by atoms with Crippen LogP contribution in [0.2, 0.25) is 0 Å². The van der Waals surface area contributed by atoms with Crippen LogP contribution in [0, 0.1) is 0 Å². The number of thioether (sulfide) groups is 1. The fourth-order valence-corrected chi connectivity index (χ4v) is 3.07. The van der Waals surface area contributed by atoms with Crippen LogP contribution in [0.4, 0.5) is 23.7 Å². The Morgan fingerprint density at radius 2 is 2.16 bits per heavy atom. The summed E-state index contributed by atoms with van der Waals surface area (Å²) >= 11 is 1.19. The van der Waals surface area contributed by atoms with Gasteiger partial charge in [-0.1, -0.05) is 18.7 Å². The first kappa shape index (κ1) is 19.4. The van der Waals surface area contributed by atoms with Crippen molar-refractivity contribution in [3.63, 3.8) is 0 Å². The number of carbonyl (C=O) groups is 2. The molecule has 1 N–H and O–H groups in total. The molecule has 2 amide bonds. The van der Waals surface area contributed by atoms with Gasteiger partial charge in [0.1, 0.15) is 5.75 Å². The summed E-state index contributed by atoms with van der Waals surface area (Å²) in [5, 5.41) is 2.38. The first-order valence-corrected chi connectivity index (χ1v) is 8.85. The SMILES string of the molecule is CCCOc1ccc(C(F)(F)F)cc1NC(=O)CCN1CCSC1=O. The molecule has 2 rings (SSSR count). The molecule has 1 aromatic rings. The first-order valence-electron chi connectivity index (χ1n) is 7.87. The molecule has 1 aromatic carbocycles. The van der Waals surface area contributed by atoms with Crippen LogP contribution in [0.1, 0.15) is 25.3 Å². The average molecular weight is 376 g/mol. The lowest BCUT2D eigenvalue weighted by atomic mass is 10.1. The smallest absolute Gasteiger partial charge is 0.416 e. The standard InChI is InChI=1S/C16H19F3N2O3S/c1-2-8-24-13-4-3-11(16(17,18)19)10-12(13)20-14(22)5-6-21-7-9-25-15(21)23/h3-4,10H,2,5-9H2,1H3,(H,20,22). The van der Waals surface area contributed by atoms with Gasteiger partial charge >= 0.3 is 6.18 Å². The summed E-state index contributed by atoms with van der Waals surface area (Å²) in [6.45, 7) is 3.01. The number of amides is 2. The number of hydrogen-bond donors (Lipinski definition) is 1. The van der Waals surface area contributed by atoms with E-state index in [1.807, 2.05) is 6.92 Å². The van der Waals surface area contributed by atoms with E-state index < -0.39 is 17.6 Å². The predicted octanol–water partition coefficient (Wildman–Crippen LogP) is 3.99. The number of rotatable bonds is 7. The largest absolute Gasteiger partial charge is 0.491 e. The Hall–Kier alpha value is -1.90. The molecule has 0 spiro atoms. The molecular formula is C16H19F3N2O3S. The van der Waals surface area contributed by atoms with E-state index in [2.05, 4.69) is 5.32 Å². The van der Waals surface area contributed by atoms with Gasteiger partial charge in [0.25, 0.3) is 5.24 Å². The zero-order valence-corrected chi connectivity index (χ0v) is 14.5. The molecule has 0 aromatic heterocycles. The van der Waals surface area contributed by atoms with Crippen molar-refractivity contribution in [2.75, 3.05) is 30.8 Å². The van der Waals surface area contributed by atoms with Gasteiger partial charge in [-0.2, -0.15) is 13.2 Å². The van der Waals surface area contributed by atoms with Crippen molar-refractivity contribution in [2.24, 2.45) is 0 Å². The van der Waals surface area contributed by atoms with Crippen LogP contribution < -0.4 is 10.1 Å². The van der Waals surface area contributed by atoms with Crippen molar-refractivity contribution >= 4 is 28.6 Å². The Balaban J connectivity index is 2.06. The lowest BCUT2D eigenvalue weighted by Gasteiger charge is -2.17. The quantitative estimate of drug-likeness (QED) is 0.782. The van der Waals surface area contributed by atoms with Gasteiger partial charge in [0.05, 0.1) is 17.9 Å². The molecule has 0 bridgehead atoms. The van der Waals surface area contributed by atoms with Gasteiger partial charge in [0.15, 0.2) is 0 Å². The number of halogens is 3. The van der Waals surface area contributed by atoms with Crippen LogP contribution in [-0.2, 0) is 11.0 Å². The number of ether oxygens (including phenoxy) is 1. The highest BCUT2D eigenvalue weighted by molar-refractivity contribution is 8.13. The van der Waals surface area contributed by atoms with E-state index in [0.29, 0.717) is 25.3 Å². The number of alkyl halides is 3. The molecule has 0 aliphatic carbocycles. The van der Waals surface area contributed by atoms with Gasteiger partial charge in [0, 0.05) is 25.3 Å². The minimum absolute atomic E-state index is 0.00969. The monoisotopic (exact) mass is 376 g/mol. The molecule has 0 atom stereocenters. The summed E-state index contributed by atoms with van der Waals surface area (Å²) in [5.74, 6) is 0.407. The average Bonchev–Trinajstić information content (AvgIpc) is 2.96. The molecule has 1 aliphatic rings. The molecule has 0 saturated carbocycles. The topological polar surface area (TPSA) is 58.6 Å². The Kier molecular flexibility index (Phi) is 6.57.